The fourth-order valence-corrected chi connectivity index (χ4v) is 3.92. The number of rotatable bonds is 5. The Morgan fingerprint density at radius 3 is 2.53 bits per heavy atom. The predicted molar refractivity (Wildman–Crippen MR) is 121 cm³/mol. The van der Waals surface area contributed by atoms with Crippen LogP contribution in [0.25, 0.3) is 33.6 Å². The van der Waals surface area contributed by atoms with Crippen LogP contribution in [-0.4, -0.2) is 31.4 Å². The lowest BCUT2D eigenvalue weighted by Gasteiger charge is -2.23. The van der Waals surface area contributed by atoms with Crippen LogP contribution in [0, 0.1) is 11.3 Å². The minimum atomic E-state index is 0.0754. The van der Waals surface area contributed by atoms with Gasteiger partial charge in [-0.25, -0.2) is 0 Å². The molecule has 1 aliphatic rings. The highest BCUT2D eigenvalue weighted by molar-refractivity contribution is 5.92. The molecular weight excluding hydrogens is 404 g/mol. The van der Waals surface area contributed by atoms with Crippen molar-refractivity contribution in [2.24, 2.45) is 0 Å². The fraction of sp³-hybridized carbons (Fsp3) is 0.231. The average Bonchev–Trinajstić information content (AvgIpc) is 3.29. The van der Waals surface area contributed by atoms with E-state index in [2.05, 4.69) is 11.1 Å². The quantitative estimate of drug-likeness (QED) is 0.413. The largest absolute Gasteiger partial charge is 0.497 e. The van der Waals surface area contributed by atoms with E-state index >= 15 is 0 Å². The number of hydrogen-bond acceptors (Lipinski definition) is 6. The number of methoxy groups -OCH3 is 1. The second-order valence-electron chi connectivity index (χ2n) is 7.66. The van der Waals surface area contributed by atoms with Crippen LogP contribution < -0.4 is 9.47 Å². The monoisotopic (exact) mass is 426 g/mol. The van der Waals surface area contributed by atoms with Gasteiger partial charge in [0.1, 0.15) is 34.9 Å². The molecule has 0 bridgehead atoms. The first-order valence-corrected chi connectivity index (χ1v) is 10.6. The highest BCUT2D eigenvalue weighted by Gasteiger charge is 2.18. The van der Waals surface area contributed by atoms with Gasteiger partial charge < -0.3 is 18.6 Å². The maximum Gasteiger partial charge on any atom is 0.161 e. The predicted octanol–water partition coefficient (Wildman–Crippen LogP) is 5.60. The molecule has 0 atom stereocenters. The third-order valence-electron chi connectivity index (χ3n) is 5.66. The molecule has 5 rings (SSSR count). The van der Waals surface area contributed by atoms with Crippen LogP contribution in [0.15, 0.2) is 65.2 Å². The molecule has 2 aromatic heterocycles. The van der Waals surface area contributed by atoms with Gasteiger partial charge in [0.25, 0.3) is 0 Å². The van der Waals surface area contributed by atoms with Crippen molar-refractivity contribution >= 4 is 11.1 Å². The van der Waals surface area contributed by atoms with E-state index in [1.165, 1.54) is 0 Å². The average molecular weight is 426 g/mol. The first-order valence-electron chi connectivity index (χ1n) is 10.6. The highest BCUT2D eigenvalue weighted by Crippen LogP contribution is 2.36. The number of hydrogen-bond donors (Lipinski definition) is 0. The van der Waals surface area contributed by atoms with Crippen LogP contribution in [-0.2, 0) is 4.74 Å². The molecule has 0 N–H and O–H groups in total. The third kappa shape index (κ3) is 3.91. The summed E-state index contributed by atoms with van der Waals surface area (Å²) in [6, 6.07) is 19.5. The van der Waals surface area contributed by atoms with Gasteiger partial charge >= 0.3 is 0 Å². The summed E-state index contributed by atoms with van der Waals surface area (Å²) >= 11 is 0. The zero-order valence-electron chi connectivity index (χ0n) is 17.7. The van der Waals surface area contributed by atoms with E-state index in [4.69, 9.17) is 18.6 Å². The van der Waals surface area contributed by atoms with Crippen molar-refractivity contribution in [3.63, 3.8) is 0 Å². The first kappa shape index (κ1) is 20.1. The summed E-state index contributed by atoms with van der Waals surface area (Å²) in [5.41, 5.74) is 4.64. The molecule has 0 unspecified atom stereocenters. The van der Waals surface area contributed by atoms with E-state index in [0.29, 0.717) is 30.1 Å². The number of fused-ring (bicyclic) bond motifs is 1. The van der Waals surface area contributed by atoms with Crippen molar-refractivity contribution in [1.29, 1.82) is 5.26 Å². The van der Waals surface area contributed by atoms with Crippen molar-refractivity contribution in [2.45, 2.75) is 18.9 Å². The Hall–Kier alpha value is -3.82. The summed E-state index contributed by atoms with van der Waals surface area (Å²) in [5.74, 6) is 2.12. The third-order valence-corrected chi connectivity index (χ3v) is 5.66. The van der Waals surface area contributed by atoms with Gasteiger partial charge in [0.15, 0.2) is 5.58 Å². The molecule has 160 valence electrons. The van der Waals surface area contributed by atoms with E-state index in [1.54, 1.807) is 13.3 Å². The number of pyridine rings is 1. The van der Waals surface area contributed by atoms with Gasteiger partial charge in [-0.05, 0) is 48.0 Å². The minimum absolute atomic E-state index is 0.0754. The van der Waals surface area contributed by atoms with Crippen LogP contribution in [0.1, 0.15) is 18.4 Å². The standard InChI is InChI=1S/C26H22N2O4/c1-29-20-5-2-17(3-6-20)25-15-23-26(32-25)22(8-11-28-23)18-4-7-24(19(14-18)16-27)31-21-9-12-30-13-10-21/h2-8,11,14-15,21H,9-10,12-13H2,1H3. The van der Waals surface area contributed by atoms with Gasteiger partial charge in [-0.15, -0.1) is 0 Å². The summed E-state index contributed by atoms with van der Waals surface area (Å²) in [4.78, 5) is 4.46. The zero-order valence-corrected chi connectivity index (χ0v) is 17.7. The van der Waals surface area contributed by atoms with Crippen molar-refractivity contribution in [3.8, 4) is 40.0 Å². The molecule has 2 aromatic carbocycles. The molecule has 1 fully saturated rings. The van der Waals surface area contributed by atoms with E-state index < -0.39 is 0 Å². The van der Waals surface area contributed by atoms with Gasteiger partial charge in [-0.2, -0.15) is 5.26 Å². The highest BCUT2D eigenvalue weighted by atomic mass is 16.5. The normalized spacial score (nSPS) is 14.2. The van der Waals surface area contributed by atoms with Crippen LogP contribution in [0.5, 0.6) is 11.5 Å². The van der Waals surface area contributed by atoms with E-state index in [9.17, 15) is 5.26 Å². The molecule has 0 saturated carbocycles. The second-order valence-corrected chi connectivity index (χ2v) is 7.66. The Labute approximate surface area is 186 Å². The Kier molecular flexibility index (Phi) is 5.49. The van der Waals surface area contributed by atoms with E-state index in [-0.39, 0.29) is 6.10 Å². The van der Waals surface area contributed by atoms with Crippen LogP contribution >= 0.6 is 0 Å². The summed E-state index contributed by atoms with van der Waals surface area (Å²) in [6.07, 6.45) is 3.49. The Balaban J connectivity index is 1.49. The van der Waals surface area contributed by atoms with Gasteiger partial charge in [-0.1, -0.05) is 6.07 Å². The number of aromatic nitrogens is 1. The Morgan fingerprint density at radius 1 is 1.00 bits per heavy atom. The zero-order chi connectivity index (χ0) is 21.9. The summed E-state index contributed by atoms with van der Waals surface area (Å²) in [5, 5.41) is 9.73. The number of ether oxygens (including phenoxy) is 3. The van der Waals surface area contributed by atoms with E-state index in [1.807, 2.05) is 54.6 Å². The Bertz CT molecular complexity index is 1280. The molecular formula is C26H22N2O4. The summed E-state index contributed by atoms with van der Waals surface area (Å²) < 4.78 is 22.9. The van der Waals surface area contributed by atoms with Crippen molar-refractivity contribution in [3.05, 3.63) is 66.4 Å². The second kappa shape index (κ2) is 8.74. The first-order chi connectivity index (χ1) is 15.7. The summed E-state index contributed by atoms with van der Waals surface area (Å²) in [6.45, 7) is 1.38. The topological polar surface area (TPSA) is 77.5 Å². The molecule has 1 saturated heterocycles. The van der Waals surface area contributed by atoms with Crippen LogP contribution in [0.2, 0.25) is 0 Å². The molecule has 3 heterocycles. The van der Waals surface area contributed by atoms with Crippen molar-refractivity contribution < 1.29 is 18.6 Å². The maximum absolute atomic E-state index is 9.73. The van der Waals surface area contributed by atoms with Crippen molar-refractivity contribution in [2.75, 3.05) is 20.3 Å². The smallest absolute Gasteiger partial charge is 0.161 e. The Morgan fingerprint density at radius 2 is 1.78 bits per heavy atom. The lowest BCUT2D eigenvalue weighted by Crippen LogP contribution is -2.26. The molecule has 6 nitrogen and oxygen atoms in total. The van der Waals surface area contributed by atoms with Crippen molar-refractivity contribution in [1.82, 2.24) is 4.98 Å². The van der Waals surface area contributed by atoms with E-state index in [0.717, 1.165) is 46.6 Å². The molecule has 1 aliphatic heterocycles. The van der Waals surface area contributed by atoms with Crippen LogP contribution in [0.3, 0.4) is 0 Å². The number of nitrogens with zero attached hydrogens (tertiary/aromatic N) is 2. The summed E-state index contributed by atoms with van der Waals surface area (Å²) in [7, 11) is 1.64. The van der Waals surface area contributed by atoms with Gasteiger partial charge in [0, 0.05) is 36.2 Å². The lowest BCUT2D eigenvalue weighted by molar-refractivity contribution is 0.0254. The SMILES string of the molecule is COc1ccc(-c2cc3nccc(-c4ccc(OC5CCOCC5)c(C#N)c4)c3o2)cc1. The number of furan rings is 1. The molecule has 4 aromatic rings. The molecule has 0 aliphatic carbocycles. The van der Waals surface area contributed by atoms with Gasteiger partial charge in [0.2, 0.25) is 0 Å². The molecule has 0 radical (unpaired) electrons. The molecule has 32 heavy (non-hydrogen) atoms. The maximum atomic E-state index is 9.73. The van der Waals surface area contributed by atoms with Gasteiger partial charge in [-0.3, -0.25) is 4.98 Å². The number of benzene rings is 2. The van der Waals surface area contributed by atoms with Gasteiger partial charge in [0.05, 0.1) is 25.9 Å². The van der Waals surface area contributed by atoms with Crippen LogP contribution in [0.4, 0.5) is 0 Å². The molecule has 0 spiro atoms. The number of nitriles is 1. The fourth-order valence-electron chi connectivity index (χ4n) is 3.92. The lowest BCUT2D eigenvalue weighted by atomic mass is 10.0. The minimum Gasteiger partial charge on any atom is -0.497 e. The molecule has 0 amide bonds. The molecule has 6 heteroatoms.